The van der Waals surface area contributed by atoms with Crippen molar-refractivity contribution in [2.75, 3.05) is 23.9 Å². The van der Waals surface area contributed by atoms with E-state index in [1.807, 2.05) is 36.4 Å². The minimum absolute atomic E-state index is 0.0371. The Morgan fingerprint density at radius 3 is 2.94 bits per heavy atom. The number of fused-ring (bicyclic) bond motifs is 1. The van der Waals surface area contributed by atoms with Crippen molar-refractivity contribution in [1.29, 1.82) is 5.26 Å². The lowest BCUT2D eigenvalue weighted by atomic mass is 10.0. The van der Waals surface area contributed by atoms with Crippen LogP contribution in [0.4, 0.5) is 5.69 Å². The zero-order valence-electron chi connectivity index (χ0n) is 16.9. The molecule has 0 spiro atoms. The lowest BCUT2D eigenvalue weighted by Gasteiger charge is -2.24. The molecule has 0 aliphatic carbocycles. The van der Waals surface area contributed by atoms with E-state index in [0.717, 1.165) is 21.3 Å². The van der Waals surface area contributed by atoms with E-state index in [9.17, 15) is 14.9 Å². The molecule has 1 aliphatic heterocycles. The Balaban J connectivity index is 1.44. The molecule has 1 aliphatic rings. The number of thiophene rings is 1. The highest BCUT2D eigenvalue weighted by molar-refractivity contribution is 8.01. The standard InChI is InChI=1S/C23H20N2O4S2/c1-2-29-23(27)20-9-7-18(31-20)12-28-13-22-25(21(26)14-30-22)17-6-8-19-15(10-17)4-3-5-16(19)11-24/h3-10,22H,2,12-14H2,1H3. The van der Waals surface area contributed by atoms with Crippen LogP contribution < -0.4 is 4.90 Å². The van der Waals surface area contributed by atoms with Crippen LogP contribution in [0.25, 0.3) is 10.8 Å². The zero-order valence-corrected chi connectivity index (χ0v) is 18.5. The summed E-state index contributed by atoms with van der Waals surface area (Å²) in [5, 5.41) is 11.0. The van der Waals surface area contributed by atoms with Gasteiger partial charge in [0.05, 0.1) is 37.2 Å². The molecule has 2 heterocycles. The number of carbonyl (C=O) groups excluding carboxylic acids is 2. The molecule has 6 nitrogen and oxygen atoms in total. The molecule has 8 heteroatoms. The average Bonchev–Trinajstić information content (AvgIpc) is 3.40. The number of hydrogen-bond acceptors (Lipinski definition) is 7. The minimum atomic E-state index is -0.322. The number of esters is 1. The lowest BCUT2D eigenvalue weighted by molar-refractivity contribution is -0.116. The zero-order chi connectivity index (χ0) is 21.8. The summed E-state index contributed by atoms with van der Waals surface area (Å²) in [6.07, 6.45) is 0. The molecule has 1 saturated heterocycles. The van der Waals surface area contributed by atoms with Crippen molar-refractivity contribution >= 4 is 51.4 Å². The van der Waals surface area contributed by atoms with Gasteiger partial charge in [0.25, 0.3) is 0 Å². The van der Waals surface area contributed by atoms with E-state index in [2.05, 4.69) is 6.07 Å². The number of carbonyl (C=O) groups is 2. The highest BCUT2D eigenvalue weighted by Gasteiger charge is 2.33. The van der Waals surface area contributed by atoms with Gasteiger partial charge >= 0.3 is 5.97 Å². The fourth-order valence-electron chi connectivity index (χ4n) is 3.45. The molecule has 1 aromatic heterocycles. The van der Waals surface area contributed by atoms with E-state index in [1.165, 1.54) is 11.3 Å². The predicted octanol–water partition coefficient (Wildman–Crippen LogP) is 4.57. The third kappa shape index (κ3) is 4.59. The van der Waals surface area contributed by atoms with E-state index in [-0.39, 0.29) is 17.3 Å². The summed E-state index contributed by atoms with van der Waals surface area (Å²) >= 11 is 2.90. The average molecular weight is 453 g/mol. The van der Waals surface area contributed by atoms with Gasteiger partial charge in [-0.2, -0.15) is 5.26 Å². The second kappa shape index (κ2) is 9.52. The first-order valence-electron chi connectivity index (χ1n) is 9.81. The Morgan fingerprint density at radius 2 is 2.13 bits per heavy atom. The molecule has 2 aromatic carbocycles. The molecule has 0 bridgehead atoms. The smallest absolute Gasteiger partial charge is 0.348 e. The largest absolute Gasteiger partial charge is 0.462 e. The van der Waals surface area contributed by atoms with Gasteiger partial charge in [-0.3, -0.25) is 9.69 Å². The van der Waals surface area contributed by atoms with Gasteiger partial charge in [0, 0.05) is 10.6 Å². The number of hydrogen-bond donors (Lipinski definition) is 0. The summed E-state index contributed by atoms with van der Waals surface area (Å²) in [4.78, 5) is 27.6. The van der Waals surface area contributed by atoms with Crippen LogP contribution >= 0.6 is 23.1 Å². The maximum atomic E-state index is 12.6. The number of thioether (sulfide) groups is 1. The van der Waals surface area contributed by atoms with Gasteiger partial charge in [0.1, 0.15) is 10.3 Å². The summed E-state index contributed by atoms with van der Waals surface area (Å²) in [6.45, 7) is 2.86. The second-order valence-corrected chi connectivity index (χ2v) is 9.19. The van der Waals surface area contributed by atoms with Crippen molar-refractivity contribution in [2.24, 2.45) is 0 Å². The number of rotatable bonds is 7. The molecule has 0 saturated carbocycles. The summed E-state index contributed by atoms with van der Waals surface area (Å²) in [5.41, 5.74) is 1.41. The SMILES string of the molecule is CCOC(=O)c1ccc(COCC2SCC(=O)N2c2ccc3c(C#N)cccc3c2)s1. The van der Waals surface area contributed by atoms with Crippen molar-refractivity contribution in [3.05, 3.63) is 63.8 Å². The first kappa shape index (κ1) is 21.4. The molecule has 0 radical (unpaired) electrons. The van der Waals surface area contributed by atoms with Gasteiger partial charge in [-0.05, 0) is 48.0 Å². The monoisotopic (exact) mass is 452 g/mol. The molecular formula is C23H20N2O4S2. The van der Waals surface area contributed by atoms with Crippen molar-refractivity contribution in [1.82, 2.24) is 0 Å². The number of nitriles is 1. The summed E-state index contributed by atoms with van der Waals surface area (Å²) < 4.78 is 10.9. The van der Waals surface area contributed by atoms with E-state index in [4.69, 9.17) is 9.47 Å². The molecule has 1 fully saturated rings. The number of anilines is 1. The molecule has 1 unspecified atom stereocenters. The van der Waals surface area contributed by atoms with Crippen LogP contribution in [0, 0.1) is 11.3 Å². The van der Waals surface area contributed by atoms with E-state index in [0.29, 0.717) is 36.0 Å². The van der Waals surface area contributed by atoms with Gasteiger partial charge in [-0.1, -0.05) is 18.2 Å². The van der Waals surface area contributed by atoms with Crippen LogP contribution in [0.2, 0.25) is 0 Å². The normalized spacial score (nSPS) is 15.9. The van der Waals surface area contributed by atoms with Crippen LogP contribution in [0.5, 0.6) is 0 Å². The second-order valence-electron chi connectivity index (χ2n) is 6.85. The Morgan fingerprint density at radius 1 is 1.26 bits per heavy atom. The van der Waals surface area contributed by atoms with E-state index < -0.39 is 0 Å². The Bertz CT molecular complexity index is 1170. The first-order chi connectivity index (χ1) is 15.1. The van der Waals surface area contributed by atoms with Crippen LogP contribution in [-0.4, -0.2) is 36.2 Å². The van der Waals surface area contributed by atoms with Crippen molar-refractivity contribution in [2.45, 2.75) is 18.9 Å². The molecule has 1 amide bonds. The van der Waals surface area contributed by atoms with Crippen LogP contribution in [-0.2, 0) is 20.9 Å². The number of nitrogens with zero attached hydrogens (tertiary/aromatic N) is 2. The summed E-state index contributed by atoms with van der Waals surface area (Å²) in [7, 11) is 0. The number of amides is 1. The van der Waals surface area contributed by atoms with Crippen LogP contribution in [0.3, 0.4) is 0 Å². The van der Waals surface area contributed by atoms with Gasteiger partial charge < -0.3 is 9.47 Å². The van der Waals surface area contributed by atoms with Crippen molar-refractivity contribution in [3.8, 4) is 6.07 Å². The van der Waals surface area contributed by atoms with Crippen molar-refractivity contribution < 1.29 is 19.1 Å². The lowest BCUT2D eigenvalue weighted by Crippen LogP contribution is -2.35. The topological polar surface area (TPSA) is 79.6 Å². The number of benzene rings is 2. The Hall–Kier alpha value is -2.86. The van der Waals surface area contributed by atoms with Gasteiger partial charge in [0.2, 0.25) is 5.91 Å². The van der Waals surface area contributed by atoms with Crippen LogP contribution in [0.1, 0.15) is 27.0 Å². The van der Waals surface area contributed by atoms with Gasteiger partial charge in [-0.15, -0.1) is 23.1 Å². The van der Waals surface area contributed by atoms with E-state index in [1.54, 1.807) is 35.7 Å². The maximum absolute atomic E-state index is 12.6. The first-order valence-corrected chi connectivity index (χ1v) is 11.7. The molecule has 4 rings (SSSR count). The minimum Gasteiger partial charge on any atom is -0.462 e. The fourth-order valence-corrected chi connectivity index (χ4v) is 5.35. The quantitative estimate of drug-likeness (QED) is 0.489. The van der Waals surface area contributed by atoms with Gasteiger partial charge in [0.15, 0.2) is 0 Å². The Labute approximate surface area is 188 Å². The molecule has 3 aromatic rings. The molecule has 0 N–H and O–H groups in total. The summed E-state index contributed by atoms with van der Waals surface area (Å²) in [6, 6.07) is 17.1. The fraction of sp³-hybridized carbons (Fsp3) is 0.261. The molecular weight excluding hydrogens is 432 g/mol. The highest BCUT2D eigenvalue weighted by atomic mass is 32.2. The third-order valence-corrected chi connectivity index (χ3v) is 7.05. The molecule has 1 atom stereocenters. The number of ether oxygens (including phenoxy) is 2. The highest BCUT2D eigenvalue weighted by Crippen LogP contribution is 2.33. The van der Waals surface area contributed by atoms with Crippen molar-refractivity contribution in [3.63, 3.8) is 0 Å². The van der Waals surface area contributed by atoms with E-state index >= 15 is 0 Å². The van der Waals surface area contributed by atoms with Crippen LogP contribution in [0.15, 0.2) is 48.5 Å². The molecule has 158 valence electrons. The molecule has 31 heavy (non-hydrogen) atoms. The summed E-state index contributed by atoms with van der Waals surface area (Å²) in [5.74, 6) is 0.115. The van der Waals surface area contributed by atoms with Gasteiger partial charge in [-0.25, -0.2) is 4.79 Å². The Kier molecular flexibility index (Phi) is 6.56. The predicted molar refractivity (Wildman–Crippen MR) is 122 cm³/mol. The third-order valence-electron chi connectivity index (χ3n) is 4.86. The maximum Gasteiger partial charge on any atom is 0.348 e.